The van der Waals surface area contributed by atoms with E-state index in [1.807, 2.05) is 18.2 Å². The molecule has 120 valence electrons. The lowest BCUT2D eigenvalue weighted by Crippen LogP contribution is -2.42. The van der Waals surface area contributed by atoms with Crippen LogP contribution >= 0.6 is 0 Å². The summed E-state index contributed by atoms with van der Waals surface area (Å²) in [5.74, 6) is 0.108. The van der Waals surface area contributed by atoms with Crippen molar-refractivity contribution in [2.24, 2.45) is 5.73 Å². The number of ether oxygens (including phenoxy) is 1. The maximum Gasteiger partial charge on any atom is 0.258 e. The van der Waals surface area contributed by atoms with E-state index in [0.717, 1.165) is 0 Å². The molecule has 3 aromatic rings. The van der Waals surface area contributed by atoms with Crippen LogP contribution in [0.5, 0.6) is 11.5 Å². The largest absolute Gasteiger partial charge is 0.457 e. The number of amides is 1. The molecule has 1 unspecified atom stereocenters. The quantitative estimate of drug-likeness (QED) is 0.758. The molecule has 0 aromatic heterocycles. The van der Waals surface area contributed by atoms with Gasteiger partial charge in [0.05, 0.1) is 0 Å². The second kappa shape index (κ2) is 6.56. The molecule has 1 atom stereocenters. The summed E-state index contributed by atoms with van der Waals surface area (Å²) in [4.78, 5) is 12.1. The average Bonchev–Trinajstić information content (AvgIpc) is 2.63. The lowest BCUT2D eigenvalue weighted by Gasteiger charge is -2.27. The Morgan fingerprint density at radius 3 is 2.00 bits per heavy atom. The molecular weight excluding hydrogens is 302 g/mol. The lowest BCUT2D eigenvalue weighted by atomic mass is 9.85. The van der Waals surface area contributed by atoms with Gasteiger partial charge in [0, 0.05) is 5.56 Å². The summed E-state index contributed by atoms with van der Waals surface area (Å²) in [5, 5.41) is 11.1. The molecule has 0 aliphatic carbocycles. The molecule has 24 heavy (non-hydrogen) atoms. The molecule has 0 saturated heterocycles. The van der Waals surface area contributed by atoms with Gasteiger partial charge in [-0.25, -0.2) is 0 Å². The van der Waals surface area contributed by atoms with Crippen LogP contribution in [-0.2, 0) is 10.4 Å². The fourth-order valence-electron chi connectivity index (χ4n) is 2.58. The first-order valence-electron chi connectivity index (χ1n) is 7.52. The number of rotatable bonds is 5. The summed E-state index contributed by atoms with van der Waals surface area (Å²) < 4.78 is 5.86. The van der Waals surface area contributed by atoms with E-state index < -0.39 is 11.5 Å². The van der Waals surface area contributed by atoms with Crippen LogP contribution in [0.1, 0.15) is 11.1 Å². The van der Waals surface area contributed by atoms with Gasteiger partial charge in [0.2, 0.25) is 0 Å². The molecular formula is C20H17NO3. The van der Waals surface area contributed by atoms with Crippen molar-refractivity contribution in [1.29, 1.82) is 0 Å². The summed E-state index contributed by atoms with van der Waals surface area (Å²) in [7, 11) is 0. The van der Waals surface area contributed by atoms with Gasteiger partial charge in [-0.05, 0) is 23.8 Å². The van der Waals surface area contributed by atoms with Crippen molar-refractivity contribution >= 4 is 5.91 Å². The van der Waals surface area contributed by atoms with E-state index in [1.165, 1.54) is 0 Å². The van der Waals surface area contributed by atoms with Crippen molar-refractivity contribution in [3.8, 4) is 11.5 Å². The maximum atomic E-state index is 12.1. The van der Waals surface area contributed by atoms with Gasteiger partial charge in [-0.1, -0.05) is 66.7 Å². The second-order valence-corrected chi connectivity index (χ2v) is 5.35. The topological polar surface area (TPSA) is 72.6 Å². The molecule has 0 spiro atoms. The third-order valence-corrected chi connectivity index (χ3v) is 3.80. The molecule has 3 rings (SSSR count). The van der Waals surface area contributed by atoms with E-state index in [-0.39, 0.29) is 0 Å². The molecule has 3 aromatic carbocycles. The third kappa shape index (κ3) is 2.87. The van der Waals surface area contributed by atoms with Crippen molar-refractivity contribution in [2.45, 2.75) is 5.60 Å². The molecule has 3 N–H and O–H groups in total. The fraction of sp³-hybridized carbons (Fsp3) is 0.0500. The van der Waals surface area contributed by atoms with Gasteiger partial charge >= 0.3 is 0 Å². The highest BCUT2D eigenvalue weighted by Crippen LogP contribution is 2.37. The van der Waals surface area contributed by atoms with Gasteiger partial charge in [0.1, 0.15) is 11.5 Å². The first kappa shape index (κ1) is 15.8. The molecule has 0 bridgehead atoms. The first-order valence-corrected chi connectivity index (χ1v) is 7.52. The molecule has 4 heteroatoms. The minimum absolute atomic E-state index is 0.299. The lowest BCUT2D eigenvalue weighted by molar-refractivity contribution is -0.133. The third-order valence-electron chi connectivity index (χ3n) is 3.80. The smallest absolute Gasteiger partial charge is 0.258 e. The summed E-state index contributed by atoms with van der Waals surface area (Å²) in [6.07, 6.45) is 0. The Morgan fingerprint density at radius 2 is 1.38 bits per heavy atom. The van der Waals surface area contributed by atoms with Crippen LogP contribution in [0.4, 0.5) is 0 Å². The van der Waals surface area contributed by atoms with Crippen LogP contribution in [0.2, 0.25) is 0 Å². The molecule has 0 saturated carbocycles. The first-order chi connectivity index (χ1) is 11.6. The Bertz CT molecular complexity index is 834. The van der Waals surface area contributed by atoms with Crippen LogP contribution in [-0.4, -0.2) is 11.0 Å². The van der Waals surface area contributed by atoms with Gasteiger partial charge in [0.15, 0.2) is 5.60 Å². The summed E-state index contributed by atoms with van der Waals surface area (Å²) >= 11 is 0. The molecule has 1 amide bonds. The number of para-hydroxylation sites is 2. The van der Waals surface area contributed by atoms with E-state index in [2.05, 4.69) is 0 Å². The Morgan fingerprint density at radius 1 is 0.833 bits per heavy atom. The van der Waals surface area contributed by atoms with Crippen molar-refractivity contribution in [3.05, 3.63) is 96.1 Å². The predicted octanol–water partition coefficient (Wildman–Crippen LogP) is 3.20. The van der Waals surface area contributed by atoms with Crippen LogP contribution in [0.15, 0.2) is 84.9 Å². The number of carbonyl (C=O) groups is 1. The zero-order valence-corrected chi connectivity index (χ0v) is 12.9. The fourth-order valence-corrected chi connectivity index (χ4v) is 2.58. The maximum absolute atomic E-state index is 12.1. The summed E-state index contributed by atoms with van der Waals surface area (Å²) in [6, 6.07) is 24.6. The van der Waals surface area contributed by atoms with Gasteiger partial charge in [-0.2, -0.15) is 0 Å². The van der Waals surface area contributed by atoms with Crippen molar-refractivity contribution in [2.75, 3.05) is 0 Å². The van der Waals surface area contributed by atoms with E-state index in [4.69, 9.17) is 10.5 Å². The Kier molecular flexibility index (Phi) is 4.31. The average molecular weight is 319 g/mol. The monoisotopic (exact) mass is 319 g/mol. The molecule has 0 heterocycles. The molecule has 0 aliphatic heterocycles. The van der Waals surface area contributed by atoms with Gasteiger partial charge in [0.25, 0.3) is 5.91 Å². The van der Waals surface area contributed by atoms with Gasteiger partial charge in [-0.3, -0.25) is 4.79 Å². The highest BCUT2D eigenvalue weighted by molar-refractivity contribution is 5.89. The Hall–Kier alpha value is -3.11. The van der Waals surface area contributed by atoms with Crippen LogP contribution in [0.3, 0.4) is 0 Å². The predicted molar refractivity (Wildman–Crippen MR) is 91.6 cm³/mol. The Balaban J connectivity index is 2.12. The van der Waals surface area contributed by atoms with Crippen LogP contribution in [0, 0.1) is 0 Å². The number of primary amides is 1. The summed E-state index contributed by atoms with van der Waals surface area (Å²) in [5.41, 5.74) is 4.26. The van der Waals surface area contributed by atoms with Crippen molar-refractivity contribution < 1.29 is 14.6 Å². The molecule has 4 nitrogen and oxygen atoms in total. The normalized spacial score (nSPS) is 13.0. The van der Waals surface area contributed by atoms with Crippen LogP contribution in [0.25, 0.3) is 0 Å². The van der Waals surface area contributed by atoms with Gasteiger partial charge in [-0.15, -0.1) is 0 Å². The summed E-state index contributed by atoms with van der Waals surface area (Å²) in [6.45, 7) is 0. The minimum atomic E-state index is -1.98. The highest BCUT2D eigenvalue weighted by Gasteiger charge is 2.40. The zero-order chi connectivity index (χ0) is 17.0. The minimum Gasteiger partial charge on any atom is -0.457 e. The highest BCUT2D eigenvalue weighted by atomic mass is 16.5. The SMILES string of the molecule is NC(=O)C(O)(c1ccccc1)c1ccccc1Oc1ccccc1. The van der Waals surface area contributed by atoms with E-state index in [9.17, 15) is 9.90 Å². The van der Waals surface area contributed by atoms with E-state index in [0.29, 0.717) is 22.6 Å². The number of aliphatic hydroxyl groups is 1. The van der Waals surface area contributed by atoms with E-state index >= 15 is 0 Å². The number of nitrogens with two attached hydrogens (primary N) is 1. The number of carbonyl (C=O) groups excluding carboxylic acids is 1. The molecule has 0 fully saturated rings. The molecule has 0 aliphatic rings. The van der Waals surface area contributed by atoms with Crippen molar-refractivity contribution in [3.63, 3.8) is 0 Å². The zero-order valence-electron chi connectivity index (χ0n) is 12.9. The van der Waals surface area contributed by atoms with Crippen molar-refractivity contribution in [1.82, 2.24) is 0 Å². The number of benzene rings is 3. The standard InChI is InChI=1S/C20H17NO3/c21-19(22)20(23,15-9-3-1-4-10-15)17-13-7-8-14-18(17)24-16-11-5-2-6-12-16/h1-14,23H,(H2,21,22). The molecule has 0 radical (unpaired) electrons. The number of hydrogen-bond acceptors (Lipinski definition) is 3. The van der Waals surface area contributed by atoms with E-state index in [1.54, 1.807) is 66.7 Å². The Labute approximate surface area is 140 Å². The number of hydrogen-bond donors (Lipinski definition) is 2. The van der Waals surface area contributed by atoms with Crippen LogP contribution < -0.4 is 10.5 Å². The second-order valence-electron chi connectivity index (χ2n) is 5.35. The van der Waals surface area contributed by atoms with Gasteiger partial charge < -0.3 is 15.6 Å².